The molecule has 0 aliphatic carbocycles. The van der Waals surface area contributed by atoms with Gasteiger partial charge in [-0.1, -0.05) is 48.5 Å². The average Bonchev–Trinajstić information content (AvgIpc) is 3.19. The highest BCUT2D eigenvalue weighted by Gasteiger charge is 2.27. The van der Waals surface area contributed by atoms with Gasteiger partial charge in [-0.2, -0.15) is 5.48 Å². The van der Waals surface area contributed by atoms with Crippen molar-refractivity contribution < 1.29 is 24.3 Å². The fraction of sp³-hybridized carbons (Fsp3) is 0.273. The molecule has 0 radical (unpaired) electrons. The maximum Gasteiger partial charge on any atom is 0.330 e. The molecule has 4 N–H and O–H groups in total. The molecule has 158 valence electrons. The molecule has 1 heterocycles. The number of nitrogens with one attached hydrogen (secondary N) is 3. The number of methoxy groups -OCH3 is 1. The van der Waals surface area contributed by atoms with Gasteiger partial charge in [0.15, 0.2) is 6.04 Å². The number of ether oxygens (including phenoxy) is 1. The zero-order valence-electron chi connectivity index (χ0n) is 16.6. The van der Waals surface area contributed by atoms with Crippen LogP contribution in [0.1, 0.15) is 11.1 Å². The molecule has 0 fully saturated rings. The van der Waals surface area contributed by atoms with Crippen LogP contribution in [0.15, 0.2) is 60.8 Å². The first kappa shape index (κ1) is 21.5. The van der Waals surface area contributed by atoms with Crippen LogP contribution in [-0.4, -0.2) is 47.8 Å². The van der Waals surface area contributed by atoms with Crippen LogP contribution in [0.5, 0.6) is 0 Å². The predicted molar refractivity (Wildman–Crippen MR) is 111 cm³/mol. The number of carbonyl (C=O) groups is 2. The minimum Gasteiger partial charge on any atom is -0.467 e. The molecule has 0 aliphatic rings. The van der Waals surface area contributed by atoms with Crippen molar-refractivity contribution in [1.82, 2.24) is 15.8 Å². The summed E-state index contributed by atoms with van der Waals surface area (Å²) in [5.74, 6) is -1.21. The number of aromatic amines is 1. The first-order valence-corrected chi connectivity index (χ1v) is 9.57. The maximum absolute atomic E-state index is 12.9. The van der Waals surface area contributed by atoms with Gasteiger partial charge in [0.25, 0.3) is 0 Å². The Hall–Kier alpha value is -3.20. The number of aliphatic hydroxyl groups is 1. The molecule has 1 aromatic heterocycles. The number of aliphatic hydroxyl groups excluding tert-OH is 1. The standard InChI is InChI=1S/C22H25N3O5/c1-29-22(28)20(13-26)24-21(27)19(25-30-14-15-7-3-2-4-8-15)11-16-12-23-18-10-6-5-9-17(16)18/h2-10,12,19-20,23,25-26H,11,13-14H2,1H3,(H,24,27)/t19?,20-/m0/s1. The third kappa shape index (κ3) is 5.44. The van der Waals surface area contributed by atoms with E-state index in [4.69, 9.17) is 4.84 Å². The van der Waals surface area contributed by atoms with Gasteiger partial charge in [0.05, 0.1) is 20.3 Å². The second-order valence-corrected chi connectivity index (χ2v) is 6.78. The number of para-hydroxylation sites is 1. The van der Waals surface area contributed by atoms with E-state index in [1.807, 2.05) is 60.8 Å². The molecular formula is C22H25N3O5. The van der Waals surface area contributed by atoms with E-state index in [0.717, 1.165) is 22.0 Å². The number of hydrogen-bond donors (Lipinski definition) is 4. The van der Waals surface area contributed by atoms with Crippen molar-refractivity contribution in [3.63, 3.8) is 0 Å². The number of carbonyl (C=O) groups excluding carboxylic acids is 2. The van der Waals surface area contributed by atoms with Crippen molar-refractivity contribution >= 4 is 22.8 Å². The van der Waals surface area contributed by atoms with Gasteiger partial charge in [-0.15, -0.1) is 0 Å². The Morgan fingerprint density at radius 2 is 1.80 bits per heavy atom. The monoisotopic (exact) mass is 411 g/mol. The summed E-state index contributed by atoms with van der Waals surface area (Å²) in [6.07, 6.45) is 2.15. The van der Waals surface area contributed by atoms with E-state index in [-0.39, 0.29) is 6.61 Å². The number of fused-ring (bicyclic) bond motifs is 1. The first-order valence-electron chi connectivity index (χ1n) is 9.57. The quantitative estimate of drug-likeness (QED) is 0.297. The molecule has 30 heavy (non-hydrogen) atoms. The van der Waals surface area contributed by atoms with Gasteiger partial charge in [0, 0.05) is 23.5 Å². The number of aromatic nitrogens is 1. The molecule has 2 aromatic carbocycles. The van der Waals surface area contributed by atoms with E-state index >= 15 is 0 Å². The molecular weight excluding hydrogens is 386 g/mol. The van der Waals surface area contributed by atoms with E-state index in [0.29, 0.717) is 6.42 Å². The molecule has 1 amide bonds. The molecule has 0 bridgehead atoms. The van der Waals surface area contributed by atoms with Gasteiger partial charge in [0.2, 0.25) is 5.91 Å². The zero-order valence-corrected chi connectivity index (χ0v) is 16.6. The van der Waals surface area contributed by atoms with Crippen LogP contribution < -0.4 is 10.8 Å². The van der Waals surface area contributed by atoms with Crippen molar-refractivity contribution in [2.75, 3.05) is 13.7 Å². The molecule has 0 spiro atoms. The van der Waals surface area contributed by atoms with Gasteiger partial charge >= 0.3 is 5.97 Å². The lowest BCUT2D eigenvalue weighted by atomic mass is 10.0. The Bertz CT molecular complexity index is 973. The van der Waals surface area contributed by atoms with Gasteiger partial charge < -0.3 is 20.1 Å². The van der Waals surface area contributed by atoms with Crippen LogP contribution in [0.2, 0.25) is 0 Å². The molecule has 8 heteroatoms. The van der Waals surface area contributed by atoms with Crippen LogP contribution in [0.3, 0.4) is 0 Å². The zero-order chi connectivity index (χ0) is 21.3. The second-order valence-electron chi connectivity index (χ2n) is 6.78. The predicted octanol–water partition coefficient (Wildman–Crippen LogP) is 1.45. The number of benzene rings is 2. The van der Waals surface area contributed by atoms with Crippen LogP contribution in [0, 0.1) is 0 Å². The van der Waals surface area contributed by atoms with E-state index < -0.39 is 30.6 Å². The third-order valence-corrected chi connectivity index (χ3v) is 4.71. The molecule has 3 aromatic rings. The largest absolute Gasteiger partial charge is 0.467 e. The highest BCUT2D eigenvalue weighted by molar-refractivity contribution is 5.89. The topological polar surface area (TPSA) is 113 Å². The number of amides is 1. The molecule has 0 saturated heterocycles. The molecule has 3 rings (SSSR count). The number of hydrogen-bond acceptors (Lipinski definition) is 6. The lowest BCUT2D eigenvalue weighted by molar-refractivity contribution is -0.147. The van der Waals surface area contributed by atoms with E-state index in [2.05, 4.69) is 20.5 Å². The SMILES string of the molecule is COC(=O)[C@H](CO)NC(=O)C(Cc1c[nH]c2ccccc12)NOCc1ccccc1. The average molecular weight is 411 g/mol. The van der Waals surface area contributed by atoms with E-state index in [1.165, 1.54) is 7.11 Å². The summed E-state index contributed by atoms with van der Waals surface area (Å²) in [6.45, 7) is -0.304. The van der Waals surface area contributed by atoms with Crippen LogP contribution in [-0.2, 0) is 32.2 Å². The Morgan fingerprint density at radius 3 is 2.53 bits per heavy atom. The Kier molecular flexibility index (Phi) is 7.56. The molecule has 2 atom stereocenters. The number of hydroxylamine groups is 1. The third-order valence-electron chi connectivity index (χ3n) is 4.71. The number of esters is 1. The van der Waals surface area contributed by atoms with Crippen LogP contribution in [0.4, 0.5) is 0 Å². The first-order chi connectivity index (χ1) is 14.6. The van der Waals surface area contributed by atoms with Gasteiger partial charge in [-0.05, 0) is 17.2 Å². The van der Waals surface area contributed by atoms with Crippen molar-refractivity contribution in [3.8, 4) is 0 Å². The maximum atomic E-state index is 12.9. The van der Waals surface area contributed by atoms with Crippen LogP contribution in [0.25, 0.3) is 10.9 Å². The summed E-state index contributed by atoms with van der Waals surface area (Å²) in [4.78, 5) is 33.3. The van der Waals surface area contributed by atoms with E-state index in [1.54, 1.807) is 0 Å². The second kappa shape index (κ2) is 10.5. The van der Waals surface area contributed by atoms with Gasteiger partial charge in [-0.25, -0.2) is 4.79 Å². The summed E-state index contributed by atoms with van der Waals surface area (Å²) >= 11 is 0. The summed E-state index contributed by atoms with van der Waals surface area (Å²) in [6, 6.07) is 15.3. The molecule has 0 aliphatic heterocycles. The van der Waals surface area contributed by atoms with Crippen molar-refractivity contribution in [3.05, 3.63) is 71.9 Å². The Balaban J connectivity index is 1.73. The van der Waals surface area contributed by atoms with Gasteiger partial charge in [0.1, 0.15) is 6.04 Å². The Labute approximate surface area is 174 Å². The van der Waals surface area contributed by atoms with E-state index in [9.17, 15) is 14.7 Å². The molecule has 0 saturated carbocycles. The normalized spacial score (nSPS) is 13.0. The van der Waals surface area contributed by atoms with Gasteiger partial charge in [-0.3, -0.25) is 9.63 Å². The highest BCUT2D eigenvalue weighted by atomic mass is 16.6. The van der Waals surface area contributed by atoms with Crippen molar-refractivity contribution in [1.29, 1.82) is 0 Å². The Morgan fingerprint density at radius 1 is 1.07 bits per heavy atom. The summed E-state index contributed by atoms with van der Waals surface area (Å²) in [5, 5.41) is 12.9. The summed E-state index contributed by atoms with van der Waals surface area (Å²) in [7, 11) is 1.20. The fourth-order valence-electron chi connectivity index (χ4n) is 3.10. The fourth-order valence-corrected chi connectivity index (χ4v) is 3.10. The smallest absolute Gasteiger partial charge is 0.330 e. The minimum atomic E-state index is -1.15. The summed E-state index contributed by atoms with van der Waals surface area (Å²) < 4.78 is 4.62. The number of H-pyrrole nitrogens is 1. The minimum absolute atomic E-state index is 0.263. The van der Waals surface area contributed by atoms with Crippen molar-refractivity contribution in [2.24, 2.45) is 0 Å². The van der Waals surface area contributed by atoms with Crippen molar-refractivity contribution in [2.45, 2.75) is 25.1 Å². The summed E-state index contributed by atoms with van der Waals surface area (Å²) in [5.41, 5.74) is 5.62. The molecule has 8 nitrogen and oxygen atoms in total. The van der Waals surface area contributed by atoms with Crippen LogP contribution >= 0.6 is 0 Å². The highest BCUT2D eigenvalue weighted by Crippen LogP contribution is 2.19. The lowest BCUT2D eigenvalue weighted by Gasteiger charge is -2.21. The molecule has 1 unspecified atom stereocenters. The lowest BCUT2D eigenvalue weighted by Crippen LogP contribution is -2.52. The number of rotatable bonds is 10.